The highest BCUT2D eigenvalue weighted by atomic mass is 19.1. The van der Waals surface area contributed by atoms with Gasteiger partial charge in [0.05, 0.1) is 22.9 Å². The molecule has 11 heteroatoms. The number of carbonyl (C=O) groups excluding carboxylic acids is 1. The second kappa shape index (κ2) is 10.2. The Hall–Kier alpha value is -4.41. The number of imidazole rings is 1. The SMILES string of the molecule is CC(C)(C)OC(=O)N1CCN(c2ccc(-c3cc(F)c4cn(C(C(=O)O)c5ncn6c5CCC6)nc4c3)cc2)CC1. The molecule has 2 aliphatic heterocycles. The molecule has 10 nitrogen and oxygen atoms in total. The number of carboxylic acid groups (broad SMARTS) is 1. The number of carbonyl (C=O) groups is 2. The molecule has 2 aromatic carbocycles. The van der Waals surface area contributed by atoms with Crippen molar-refractivity contribution >= 4 is 28.7 Å². The maximum Gasteiger partial charge on any atom is 0.410 e. The molecule has 4 aromatic rings. The number of ether oxygens (including phenoxy) is 1. The van der Waals surface area contributed by atoms with Crippen LogP contribution < -0.4 is 4.90 Å². The summed E-state index contributed by atoms with van der Waals surface area (Å²) < 4.78 is 24.0. The molecule has 214 valence electrons. The highest BCUT2D eigenvalue weighted by Gasteiger charge is 2.31. The molecule has 4 heterocycles. The number of hydrogen-bond acceptors (Lipinski definition) is 6. The van der Waals surface area contributed by atoms with Crippen LogP contribution in [-0.4, -0.2) is 73.2 Å². The number of anilines is 1. The number of rotatable bonds is 5. The van der Waals surface area contributed by atoms with Crippen LogP contribution in [0.1, 0.15) is 44.6 Å². The van der Waals surface area contributed by atoms with Gasteiger partial charge in [0, 0.05) is 50.3 Å². The van der Waals surface area contributed by atoms with Gasteiger partial charge in [0.2, 0.25) is 0 Å². The Labute approximate surface area is 236 Å². The van der Waals surface area contributed by atoms with Crippen molar-refractivity contribution in [3.63, 3.8) is 0 Å². The van der Waals surface area contributed by atoms with Crippen molar-refractivity contribution in [3.05, 3.63) is 66.1 Å². The number of piperazine rings is 1. The van der Waals surface area contributed by atoms with Gasteiger partial charge in [0.25, 0.3) is 0 Å². The van der Waals surface area contributed by atoms with E-state index in [0.29, 0.717) is 43.0 Å². The molecule has 1 saturated heterocycles. The molecule has 41 heavy (non-hydrogen) atoms. The van der Waals surface area contributed by atoms with Gasteiger partial charge in [-0.25, -0.2) is 19.0 Å². The van der Waals surface area contributed by atoms with E-state index in [2.05, 4.69) is 15.0 Å². The first-order valence-corrected chi connectivity index (χ1v) is 13.9. The van der Waals surface area contributed by atoms with E-state index in [0.717, 1.165) is 36.3 Å². The van der Waals surface area contributed by atoms with Crippen LogP contribution in [0.4, 0.5) is 14.9 Å². The third-order valence-electron chi connectivity index (χ3n) is 7.64. The Morgan fingerprint density at radius 1 is 1.02 bits per heavy atom. The zero-order valence-electron chi connectivity index (χ0n) is 23.4. The lowest BCUT2D eigenvalue weighted by Crippen LogP contribution is -2.50. The zero-order chi connectivity index (χ0) is 28.9. The third-order valence-corrected chi connectivity index (χ3v) is 7.64. The summed E-state index contributed by atoms with van der Waals surface area (Å²) in [6.07, 6.45) is 4.52. The van der Waals surface area contributed by atoms with Crippen molar-refractivity contribution in [1.82, 2.24) is 24.2 Å². The van der Waals surface area contributed by atoms with Crippen LogP contribution in [0, 0.1) is 5.82 Å². The van der Waals surface area contributed by atoms with Crippen LogP contribution in [0.15, 0.2) is 48.9 Å². The van der Waals surface area contributed by atoms with Gasteiger partial charge in [-0.15, -0.1) is 0 Å². The summed E-state index contributed by atoms with van der Waals surface area (Å²) in [7, 11) is 0. The Morgan fingerprint density at radius 2 is 1.76 bits per heavy atom. The summed E-state index contributed by atoms with van der Waals surface area (Å²) in [5.41, 5.74) is 3.68. The standard InChI is InChI=1S/C30H33FN6O4/c1-30(2,3)41-29(40)35-13-11-34(12-14-35)21-8-6-19(7-9-21)20-15-23(31)22-17-37(33-24(22)16-20)27(28(38)39)26-25-5-4-10-36(25)18-32-26/h6-9,15-18,27H,4-5,10-14H2,1-3H3,(H,38,39). The zero-order valence-corrected chi connectivity index (χ0v) is 23.4. The van der Waals surface area contributed by atoms with Crippen molar-refractivity contribution in [2.75, 3.05) is 31.1 Å². The number of fused-ring (bicyclic) bond motifs is 2. The summed E-state index contributed by atoms with van der Waals surface area (Å²) in [6.45, 7) is 8.89. The van der Waals surface area contributed by atoms with Crippen LogP contribution in [-0.2, 0) is 22.5 Å². The van der Waals surface area contributed by atoms with Crippen molar-refractivity contribution < 1.29 is 23.8 Å². The van der Waals surface area contributed by atoms with Gasteiger partial charge in [-0.3, -0.25) is 4.68 Å². The normalized spacial score (nSPS) is 16.2. The molecule has 0 bridgehead atoms. The van der Waals surface area contributed by atoms with Gasteiger partial charge in [0.15, 0.2) is 6.04 Å². The number of aliphatic carboxylic acids is 1. The van der Waals surface area contributed by atoms with Crippen LogP contribution in [0.5, 0.6) is 0 Å². The van der Waals surface area contributed by atoms with Gasteiger partial charge in [-0.05, 0) is 69.0 Å². The lowest BCUT2D eigenvalue weighted by Gasteiger charge is -2.36. The number of nitrogens with zero attached hydrogens (tertiary/aromatic N) is 6. The minimum atomic E-state index is -1.13. The molecule has 2 aromatic heterocycles. The molecule has 1 unspecified atom stereocenters. The summed E-state index contributed by atoms with van der Waals surface area (Å²) in [6, 6.07) is 9.93. The number of aryl methyl sites for hydroxylation is 1. The maximum atomic E-state index is 15.3. The average Bonchev–Trinajstić information content (AvgIpc) is 3.65. The van der Waals surface area contributed by atoms with E-state index < -0.39 is 23.4 Å². The minimum absolute atomic E-state index is 0.260. The molecule has 1 N–H and O–H groups in total. The highest BCUT2D eigenvalue weighted by molar-refractivity contribution is 5.86. The fourth-order valence-electron chi connectivity index (χ4n) is 5.63. The van der Waals surface area contributed by atoms with E-state index in [1.165, 1.54) is 16.9 Å². The lowest BCUT2D eigenvalue weighted by atomic mass is 10.0. The fraction of sp³-hybridized carbons (Fsp3) is 0.400. The number of hydrogen-bond donors (Lipinski definition) is 1. The second-order valence-electron chi connectivity index (χ2n) is 11.6. The minimum Gasteiger partial charge on any atom is -0.479 e. The van der Waals surface area contributed by atoms with E-state index >= 15 is 4.39 Å². The highest BCUT2D eigenvalue weighted by Crippen LogP contribution is 2.31. The predicted molar refractivity (Wildman–Crippen MR) is 151 cm³/mol. The van der Waals surface area contributed by atoms with E-state index in [1.807, 2.05) is 49.6 Å². The largest absolute Gasteiger partial charge is 0.479 e. The van der Waals surface area contributed by atoms with Crippen LogP contribution >= 0.6 is 0 Å². The van der Waals surface area contributed by atoms with Crippen molar-refractivity contribution in [1.29, 1.82) is 0 Å². The molecule has 0 spiro atoms. The second-order valence-corrected chi connectivity index (χ2v) is 11.6. The third kappa shape index (κ3) is 5.23. The van der Waals surface area contributed by atoms with Gasteiger partial charge in [-0.2, -0.15) is 5.10 Å². The van der Waals surface area contributed by atoms with E-state index in [4.69, 9.17) is 4.74 Å². The monoisotopic (exact) mass is 560 g/mol. The van der Waals surface area contributed by atoms with Gasteiger partial charge < -0.3 is 24.2 Å². The molecule has 1 atom stereocenters. The Balaban J connectivity index is 1.20. The predicted octanol–water partition coefficient (Wildman–Crippen LogP) is 4.72. The number of halogens is 1. The molecule has 1 amide bonds. The Morgan fingerprint density at radius 3 is 2.44 bits per heavy atom. The summed E-state index contributed by atoms with van der Waals surface area (Å²) in [5.74, 6) is -1.56. The van der Waals surface area contributed by atoms with Crippen molar-refractivity contribution in [2.24, 2.45) is 0 Å². The molecule has 0 radical (unpaired) electrons. The molecule has 2 aliphatic rings. The summed E-state index contributed by atoms with van der Waals surface area (Å²) in [4.78, 5) is 32.9. The summed E-state index contributed by atoms with van der Waals surface area (Å²) >= 11 is 0. The van der Waals surface area contributed by atoms with Crippen molar-refractivity contribution in [3.8, 4) is 11.1 Å². The lowest BCUT2D eigenvalue weighted by molar-refractivity contribution is -0.139. The number of amides is 1. The Bertz CT molecular complexity index is 1610. The number of aromatic nitrogens is 4. The van der Waals surface area contributed by atoms with Crippen LogP contribution in [0.25, 0.3) is 22.0 Å². The quantitative estimate of drug-likeness (QED) is 0.377. The summed E-state index contributed by atoms with van der Waals surface area (Å²) in [5, 5.41) is 14.8. The van der Waals surface area contributed by atoms with Gasteiger partial charge in [0.1, 0.15) is 11.4 Å². The van der Waals surface area contributed by atoms with E-state index in [9.17, 15) is 14.7 Å². The molecule has 1 fully saturated rings. The van der Waals surface area contributed by atoms with E-state index in [-0.39, 0.29) is 11.5 Å². The fourth-order valence-corrected chi connectivity index (χ4v) is 5.63. The topological polar surface area (TPSA) is 106 Å². The Kier molecular flexibility index (Phi) is 6.67. The first-order valence-electron chi connectivity index (χ1n) is 13.9. The van der Waals surface area contributed by atoms with Crippen LogP contribution in [0.3, 0.4) is 0 Å². The molecule has 6 rings (SSSR count). The average molecular weight is 561 g/mol. The van der Waals surface area contributed by atoms with E-state index in [1.54, 1.807) is 17.3 Å². The van der Waals surface area contributed by atoms with Gasteiger partial charge in [-0.1, -0.05) is 12.1 Å². The van der Waals surface area contributed by atoms with Crippen LogP contribution in [0.2, 0.25) is 0 Å². The number of benzene rings is 2. The van der Waals surface area contributed by atoms with Gasteiger partial charge >= 0.3 is 12.1 Å². The maximum absolute atomic E-state index is 15.3. The molecular formula is C30H33FN6O4. The molecular weight excluding hydrogens is 527 g/mol. The first kappa shape index (κ1) is 26.8. The number of carboxylic acids is 1. The molecule has 0 aliphatic carbocycles. The smallest absolute Gasteiger partial charge is 0.410 e. The first-order chi connectivity index (χ1) is 19.6. The molecule has 0 saturated carbocycles. The van der Waals surface area contributed by atoms with Crippen molar-refractivity contribution in [2.45, 2.75) is 51.8 Å².